The van der Waals surface area contributed by atoms with Crippen molar-refractivity contribution in [2.24, 2.45) is 0 Å². The first-order valence-corrected chi connectivity index (χ1v) is 6.12. The Hall–Kier alpha value is -0.890. The smallest absolute Gasteiger partial charge is 0.0610 e. The van der Waals surface area contributed by atoms with Gasteiger partial charge >= 0.3 is 0 Å². The number of benzene rings is 1. The van der Waals surface area contributed by atoms with E-state index < -0.39 is 0 Å². The zero-order chi connectivity index (χ0) is 11.9. The minimum Gasteiger partial charge on any atom is -0.381 e. The highest BCUT2D eigenvalue weighted by Gasteiger charge is 2.34. The fourth-order valence-corrected chi connectivity index (χ4v) is 2.73. The van der Waals surface area contributed by atoms with Gasteiger partial charge in [-0.3, -0.25) is 0 Å². The zero-order valence-corrected chi connectivity index (χ0v) is 11.1. The Balaban J connectivity index is 2.50. The van der Waals surface area contributed by atoms with Crippen LogP contribution >= 0.6 is 11.6 Å². The summed E-state index contributed by atoms with van der Waals surface area (Å²) in [6.45, 7) is 9.92. The SMILES string of the molecule is CC(C)N1c2ccc(Cl)cc2NCC1(C)C. The predicted molar refractivity (Wildman–Crippen MR) is 71.6 cm³/mol. The maximum atomic E-state index is 6.02. The molecular weight excluding hydrogens is 220 g/mol. The summed E-state index contributed by atoms with van der Waals surface area (Å²) in [7, 11) is 0. The Morgan fingerprint density at radius 1 is 1.38 bits per heavy atom. The number of fused-ring (bicyclic) bond motifs is 1. The number of nitrogens with zero attached hydrogens (tertiary/aromatic N) is 1. The molecule has 1 heterocycles. The van der Waals surface area contributed by atoms with Gasteiger partial charge in [-0.05, 0) is 45.9 Å². The van der Waals surface area contributed by atoms with Gasteiger partial charge in [0.25, 0.3) is 0 Å². The summed E-state index contributed by atoms with van der Waals surface area (Å²) in [4.78, 5) is 2.45. The lowest BCUT2D eigenvalue weighted by atomic mass is 9.95. The standard InChI is InChI=1S/C13H19ClN2/c1-9(2)16-12-6-5-10(14)7-11(12)15-8-13(16,3)4/h5-7,9,15H,8H2,1-4H3. The van der Waals surface area contributed by atoms with E-state index in [-0.39, 0.29) is 5.54 Å². The second-order valence-electron chi connectivity index (χ2n) is 5.29. The van der Waals surface area contributed by atoms with Crippen LogP contribution in [0.3, 0.4) is 0 Å². The van der Waals surface area contributed by atoms with Gasteiger partial charge in [0.05, 0.1) is 16.9 Å². The third kappa shape index (κ3) is 1.86. The molecule has 0 aliphatic carbocycles. The molecule has 88 valence electrons. The second kappa shape index (κ2) is 3.85. The van der Waals surface area contributed by atoms with Crippen molar-refractivity contribution in [2.75, 3.05) is 16.8 Å². The van der Waals surface area contributed by atoms with E-state index >= 15 is 0 Å². The Bertz CT molecular complexity index is 399. The summed E-state index contributed by atoms with van der Waals surface area (Å²) in [5, 5.41) is 4.24. The van der Waals surface area contributed by atoms with E-state index in [0.29, 0.717) is 6.04 Å². The highest BCUT2D eigenvalue weighted by Crippen LogP contribution is 2.38. The maximum absolute atomic E-state index is 6.02. The molecular formula is C13H19ClN2. The molecule has 3 heteroatoms. The van der Waals surface area contributed by atoms with Crippen LogP contribution in [-0.4, -0.2) is 18.1 Å². The lowest BCUT2D eigenvalue weighted by Crippen LogP contribution is -2.55. The maximum Gasteiger partial charge on any atom is 0.0610 e. The summed E-state index contributed by atoms with van der Waals surface area (Å²) < 4.78 is 0. The molecule has 0 aromatic heterocycles. The molecule has 0 unspecified atom stereocenters. The summed E-state index contributed by atoms with van der Waals surface area (Å²) in [5.41, 5.74) is 2.52. The van der Waals surface area contributed by atoms with Crippen LogP contribution in [0.4, 0.5) is 11.4 Å². The van der Waals surface area contributed by atoms with E-state index in [0.717, 1.165) is 17.3 Å². The Morgan fingerprint density at radius 3 is 2.69 bits per heavy atom. The number of anilines is 2. The lowest BCUT2D eigenvalue weighted by Gasteiger charge is -2.48. The molecule has 0 fully saturated rings. The quantitative estimate of drug-likeness (QED) is 0.802. The van der Waals surface area contributed by atoms with E-state index in [2.05, 4.69) is 44.0 Å². The van der Waals surface area contributed by atoms with Gasteiger partial charge in [0.2, 0.25) is 0 Å². The molecule has 1 aromatic rings. The van der Waals surface area contributed by atoms with Crippen LogP contribution in [0, 0.1) is 0 Å². The Morgan fingerprint density at radius 2 is 2.06 bits per heavy atom. The first-order valence-electron chi connectivity index (χ1n) is 5.74. The van der Waals surface area contributed by atoms with Crippen molar-refractivity contribution in [3.05, 3.63) is 23.2 Å². The van der Waals surface area contributed by atoms with Crippen molar-refractivity contribution >= 4 is 23.0 Å². The molecule has 0 spiro atoms. The molecule has 16 heavy (non-hydrogen) atoms. The van der Waals surface area contributed by atoms with Gasteiger partial charge in [-0.25, -0.2) is 0 Å². The normalized spacial score (nSPS) is 18.2. The third-order valence-corrected chi connectivity index (χ3v) is 3.33. The highest BCUT2D eigenvalue weighted by atomic mass is 35.5. The van der Waals surface area contributed by atoms with Crippen LogP contribution in [-0.2, 0) is 0 Å². The molecule has 0 radical (unpaired) electrons. The largest absolute Gasteiger partial charge is 0.381 e. The van der Waals surface area contributed by atoms with Gasteiger partial charge in [0, 0.05) is 17.6 Å². The van der Waals surface area contributed by atoms with Crippen molar-refractivity contribution < 1.29 is 0 Å². The summed E-state index contributed by atoms with van der Waals surface area (Å²) in [6, 6.07) is 6.54. The van der Waals surface area contributed by atoms with Crippen molar-refractivity contribution in [2.45, 2.75) is 39.3 Å². The fourth-order valence-electron chi connectivity index (χ4n) is 2.56. The summed E-state index contributed by atoms with van der Waals surface area (Å²) in [6.07, 6.45) is 0. The van der Waals surface area contributed by atoms with E-state index in [1.54, 1.807) is 0 Å². The number of halogens is 1. The van der Waals surface area contributed by atoms with E-state index in [9.17, 15) is 0 Å². The molecule has 1 aliphatic rings. The van der Waals surface area contributed by atoms with E-state index in [1.165, 1.54) is 5.69 Å². The molecule has 0 saturated heterocycles. The molecule has 1 N–H and O–H groups in total. The van der Waals surface area contributed by atoms with Gasteiger partial charge in [-0.2, -0.15) is 0 Å². The summed E-state index contributed by atoms with van der Waals surface area (Å²) in [5.74, 6) is 0. The number of hydrogen-bond acceptors (Lipinski definition) is 2. The van der Waals surface area contributed by atoms with Crippen LogP contribution in [0.25, 0.3) is 0 Å². The fraction of sp³-hybridized carbons (Fsp3) is 0.538. The van der Waals surface area contributed by atoms with Crippen LogP contribution in [0.5, 0.6) is 0 Å². The average Bonchev–Trinajstić information content (AvgIpc) is 2.16. The third-order valence-electron chi connectivity index (χ3n) is 3.10. The zero-order valence-electron chi connectivity index (χ0n) is 10.3. The van der Waals surface area contributed by atoms with Crippen molar-refractivity contribution in [3.8, 4) is 0 Å². The first kappa shape index (κ1) is 11.6. The summed E-state index contributed by atoms with van der Waals surface area (Å²) >= 11 is 6.02. The molecule has 1 aromatic carbocycles. The number of rotatable bonds is 1. The minimum atomic E-state index is 0.134. The van der Waals surface area contributed by atoms with E-state index in [4.69, 9.17) is 11.6 Å². The Labute approximate surface area is 103 Å². The van der Waals surface area contributed by atoms with Crippen molar-refractivity contribution in [3.63, 3.8) is 0 Å². The van der Waals surface area contributed by atoms with Crippen LogP contribution in [0.1, 0.15) is 27.7 Å². The second-order valence-corrected chi connectivity index (χ2v) is 5.73. The minimum absolute atomic E-state index is 0.134. The predicted octanol–water partition coefficient (Wildman–Crippen LogP) is 3.76. The highest BCUT2D eigenvalue weighted by molar-refractivity contribution is 6.31. The van der Waals surface area contributed by atoms with Gasteiger partial charge in [-0.1, -0.05) is 11.6 Å². The van der Waals surface area contributed by atoms with Crippen molar-refractivity contribution in [1.82, 2.24) is 0 Å². The van der Waals surface area contributed by atoms with Crippen LogP contribution in [0.2, 0.25) is 5.02 Å². The van der Waals surface area contributed by atoms with Crippen LogP contribution in [0.15, 0.2) is 18.2 Å². The van der Waals surface area contributed by atoms with Gasteiger partial charge in [-0.15, -0.1) is 0 Å². The van der Waals surface area contributed by atoms with Crippen LogP contribution < -0.4 is 10.2 Å². The first-order chi connectivity index (χ1) is 7.42. The van der Waals surface area contributed by atoms with Gasteiger partial charge in [0.15, 0.2) is 0 Å². The molecule has 2 rings (SSSR count). The molecule has 0 atom stereocenters. The van der Waals surface area contributed by atoms with Gasteiger partial charge < -0.3 is 10.2 Å². The molecule has 0 amide bonds. The van der Waals surface area contributed by atoms with Crippen molar-refractivity contribution in [1.29, 1.82) is 0 Å². The number of hydrogen-bond donors (Lipinski definition) is 1. The monoisotopic (exact) mass is 238 g/mol. The lowest BCUT2D eigenvalue weighted by molar-refractivity contribution is 0.439. The average molecular weight is 239 g/mol. The number of nitrogens with one attached hydrogen (secondary N) is 1. The topological polar surface area (TPSA) is 15.3 Å². The molecule has 2 nitrogen and oxygen atoms in total. The Kier molecular flexibility index (Phi) is 2.79. The van der Waals surface area contributed by atoms with E-state index in [1.807, 2.05) is 12.1 Å². The molecule has 1 aliphatic heterocycles. The molecule has 0 bridgehead atoms. The molecule has 0 saturated carbocycles. The van der Waals surface area contributed by atoms with Gasteiger partial charge in [0.1, 0.15) is 0 Å².